The van der Waals surface area contributed by atoms with Gasteiger partial charge in [0.15, 0.2) is 0 Å². The standard InChI is InChI=1S/C21H28N2O4/c1-13-11-17(13)18-8-7-14(27-18)12-22(2)19(24)9-10-23-20(25)15-5-3-4-6-16(15)21(23)26/h7-8,13,15-17H,3-6,9-12H2,1-2H3. The zero-order valence-electron chi connectivity index (χ0n) is 16.1. The van der Waals surface area contributed by atoms with Crippen molar-refractivity contribution in [2.45, 2.75) is 57.9 Å². The lowest BCUT2D eigenvalue weighted by molar-refractivity contribution is -0.140. The molecule has 0 spiro atoms. The fraction of sp³-hybridized carbons (Fsp3) is 0.667. The van der Waals surface area contributed by atoms with E-state index in [0.29, 0.717) is 18.4 Å². The first-order chi connectivity index (χ1) is 13.0. The van der Waals surface area contributed by atoms with Crippen LogP contribution in [0, 0.1) is 17.8 Å². The number of nitrogens with zero attached hydrogens (tertiary/aromatic N) is 2. The number of furan rings is 1. The minimum atomic E-state index is -0.148. The summed E-state index contributed by atoms with van der Waals surface area (Å²) < 4.78 is 5.86. The van der Waals surface area contributed by atoms with Crippen molar-refractivity contribution in [2.75, 3.05) is 13.6 Å². The van der Waals surface area contributed by atoms with Gasteiger partial charge in [0.05, 0.1) is 18.4 Å². The van der Waals surface area contributed by atoms with Crippen molar-refractivity contribution < 1.29 is 18.8 Å². The summed E-state index contributed by atoms with van der Waals surface area (Å²) in [5.41, 5.74) is 0. The molecule has 3 aliphatic rings. The predicted octanol–water partition coefficient (Wildman–Crippen LogP) is 2.93. The van der Waals surface area contributed by atoms with Crippen LogP contribution in [0.3, 0.4) is 0 Å². The number of carbonyl (C=O) groups excluding carboxylic acids is 3. The molecule has 0 bridgehead atoms. The van der Waals surface area contributed by atoms with E-state index in [2.05, 4.69) is 6.92 Å². The van der Waals surface area contributed by atoms with Crippen LogP contribution in [0.2, 0.25) is 0 Å². The summed E-state index contributed by atoms with van der Waals surface area (Å²) in [7, 11) is 1.73. The molecular formula is C21H28N2O4. The summed E-state index contributed by atoms with van der Waals surface area (Å²) in [5, 5.41) is 0. The second-order valence-electron chi connectivity index (χ2n) is 8.45. The number of hydrogen-bond acceptors (Lipinski definition) is 4. The Hall–Kier alpha value is -2.11. The van der Waals surface area contributed by atoms with Crippen LogP contribution in [-0.2, 0) is 20.9 Å². The van der Waals surface area contributed by atoms with Gasteiger partial charge in [-0.3, -0.25) is 19.3 Å². The fourth-order valence-electron chi connectivity index (χ4n) is 4.57. The Morgan fingerprint density at radius 1 is 1.15 bits per heavy atom. The zero-order chi connectivity index (χ0) is 19.1. The van der Waals surface area contributed by atoms with Crippen LogP contribution in [0.5, 0.6) is 0 Å². The van der Waals surface area contributed by atoms with Gasteiger partial charge in [-0.1, -0.05) is 19.8 Å². The first kappa shape index (κ1) is 18.3. The number of imide groups is 1. The van der Waals surface area contributed by atoms with Gasteiger partial charge in [-0.2, -0.15) is 0 Å². The molecule has 0 aromatic carbocycles. The lowest BCUT2D eigenvalue weighted by Gasteiger charge is -2.19. The largest absolute Gasteiger partial charge is 0.464 e. The molecule has 2 heterocycles. The smallest absolute Gasteiger partial charge is 0.233 e. The first-order valence-electron chi connectivity index (χ1n) is 10.1. The molecule has 1 aromatic rings. The number of fused-ring (bicyclic) bond motifs is 1. The van der Waals surface area contributed by atoms with Crippen molar-refractivity contribution in [1.29, 1.82) is 0 Å². The molecule has 4 atom stereocenters. The molecule has 6 heteroatoms. The number of likely N-dealkylation sites (tertiary alicyclic amines) is 1. The van der Waals surface area contributed by atoms with Crippen molar-refractivity contribution in [2.24, 2.45) is 17.8 Å². The summed E-state index contributed by atoms with van der Waals surface area (Å²) in [5.74, 6) is 2.47. The molecule has 4 rings (SSSR count). The highest BCUT2D eigenvalue weighted by Gasteiger charge is 2.47. The molecule has 1 aliphatic heterocycles. The molecule has 3 amide bonds. The van der Waals surface area contributed by atoms with Crippen molar-refractivity contribution in [3.05, 3.63) is 23.7 Å². The molecule has 4 unspecified atom stereocenters. The quantitative estimate of drug-likeness (QED) is 0.720. The molecule has 1 aromatic heterocycles. The van der Waals surface area contributed by atoms with Gasteiger partial charge < -0.3 is 9.32 Å². The summed E-state index contributed by atoms with van der Waals surface area (Å²) in [4.78, 5) is 40.4. The van der Waals surface area contributed by atoms with Crippen molar-refractivity contribution in [3.63, 3.8) is 0 Å². The second kappa shape index (κ2) is 7.13. The van der Waals surface area contributed by atoms with E-state index in [-0.39, 0.29) is 42.5 Å². The van der Waals surface area contributed by atoms with E-state index in [4.69, 9.17) is 4.42 Å². The van der Waals surface area contributed by atoms with Gasteiger partial charge in [-0.05, 0) is 37.3 Å². The maximum absolute atomic E-state index is 12.5. The molecule has 0 radical (unpaired) electrons. The third-order valence-corrected chi connectivity index (χ3v) is 6.46. The Kier molecular flexibility index (Phi) is 4.82. The fourth-order valence-corrected chi connectivity index (χ4v) is 4.57. The first-order valence-corrected chi connectivity index (χ1v) is 10.1. The van der Waals surface area contributed by atoms with E-state index in [1.807, 2.05) is 12.1 Å². The maximum Gasteiger partial charge on any atom is 0.233 e. The monoisotopic (exact) mass is 372 g/mol. The van der Waals surface area contributed by atoms with Crippen molar-refractivity contribution in [3.8, 4) is 0 Å². The topological polar surface area (TPSA) is 70.8 Å². The summed E-state index contributed by atoms with van der Waals surface area (Å²) in [6.07, 6.45) is 4.98. The number of carbonyl (C=O) groups is 3. The SMILES string of the molecule is CC1CC1c1ccc(CN(C)C(=O)CCN2C(=O)C3CCCCC3C2=O)o1. The molecule has 0 N–H and O–H groups in total. The van der Waals surface area contributed by atoms with Gasteiger partial charge in [-0.15, -0.1) is 0 Å². The average molecular weight is 372 g/mol. The summed E-state index contributed by atoms with van der Waals surface area (Å²) in [6.45, 7) is 2.81. The second-order valence-corrected chi connectivity index (χ2v) is 8.45. The van der Waals surface area contributed by atoms with Gasteiger partial charge in [0, 0.05) is 25.9 Å². The average Bonchev–Trinajstić information content (AvgIpc) is 3.12. The Morgan fingerprint density at radius 3 is 2.37 bits per heavy atom. The van der Waals surface area contributed by atoms with Crippen molar-refractivity contribution >= 4 is 17.7 Å². The molecule has 146 valence electrons. The van der Waals surface area contributed by atoms with Crippen LogP contribution in [-0.4, -0.2) is 41.1 Å². The molecule has 3 fully saturated rings. The van der Waals surface area contributed by atoms with Crippen LogP contribution >= 0.6 is 0 Å². The Bertz CT molecular complexity index is 731. The van der Waals surface area contributed by atoms with Gasteiger partial charge >= 0.3 is 0 Å². The van der Waals surface area contributed by atoms with E-state index >= 15 is 0 Å². The zero-order valence-corrected chi connectivity index (χ0v) is 16.1. The lowest BCUT2D eigenvalue weighted by Crippen LogP contribution is -2.36. The van der Waals surface area contributed by atoms with Crippen LogP contribution < -0.4 is 0 Å². The predicted molar refractivity (Wildman–Crippen MR) is 98.5 cm³/mol. The van der Waals surface area contributed by atoms with Crippen molar-refractivity contribution in [1.82, 2.24) is 9.80 Å². The third kappa shape index (κ3) is 3.54. The van der Waals surface area contributed by atoms with E-state index < -0.39 is 0 Å². The Morgan fingerprint density at radius 2 is 1.78 bits per heavy atom. The van der Waals surface area contributed by atoms with E-state index in [1.165, 1.54) is 11.3 Å². The van der Waals surface area contributed by atoms with E-state index in [1.54, 1.807) is 11.9 Å². The lowest BCUT2D eigenvalue weighted by atomic mass is 9.81. The highest BCUT2D eigenvalue weighted by molar-refractivity contribution is 6.05. The van der Waals surface area contributed by atoms with E-state index in [0.717, 1.165) is 37.2 Å². The molecule has 1 saturated heterocycles. The number of amides is 3. The Balaban J connectivity index is 1.29. The summed E-state index contributed by atoms with van der Waals surface area (Å²) >= 11 is 0. The highest BCUT2D eigenvalue weighted by atomic mass is 16.3. The van der Waals surface area contributed by atoms with E-state index in [9.17, 15) is 14.4 Å². The minimum Gasteiger partial charge on any atom is -0.464 e. The Labute approximate surface area is 159 Å². The molecular weight excluding hydrogens is 344 g/mol. The number of hydrogen-bond donors (Lipinski definition) is 0. The van der Waals surface area contributed by atoms with Gasteiger partial charge in [0.25, 0.3) is 0 Å². The normalized spacial score (nSPS) is 29.8. The van der Waals surface area contributed by atoms with Crippen LogP contribution in [0.15, 0.2) is 16.5 Å². The van der Waals surface area contributed by atoms with Gasteiger partial charge in [-0.25, -0.2) is 0 Å². The van der Waals surface area contributed by atoms with Gasteiger partial charge in [0.1, 0.15) is 11.5 Å². The van der Waals surface area contributed by atoms with Crippen LogP contribution in [0.4, 0.5) is 0 Å². The van der Waals surface area contributed by atoms with Crippen LogP contribution in [0.25, 0.3) is 0 Å². The van der Waals surface area contributed by atoms with Crippen LogP contribution in [0.1, 0.15) is 62.9 Å². The number of rotatable bonds is 6. The summed E-state index contributed by atoms with van der Waals surface area (Å²) in [6, 6.07) is 3.94. The third-order valence-electron chi connectivity index (χ3n) is 6.46. The molecule has 2 aliphatic carbocycles. The molecule has 6 nitrogen and oxygen atoms in total. The maximum atomic E-state index is 12.5. The molecule has 2 saturated carbocycles. The highest BCUT2D eigenvalue weighted by Crippen LogP contribution is 2.47. The molecule has 27 heavy (non-hydrogen) atoms. The van der Waals surface area contributed by atoms with Gasteiger partial charge in [0.2, 0.25) is 17.7 Å². The minimum absolute atomic E-state index is 0.0746.